The third kappa shape index (κ3) is 2.17. The van der Waals surface area contributed by atoms with Crippen LogP contribution < -0.4 is 4.90 Å². The predicted octanol–water partition coefficient (Wildman–Crippen LogP) is 6.41. The molecule has 1 saturated heterocycles. The molecule has 0 radical (unpaired) electrons. The summed E-state index contributed by atoms with van der Waals surface area (Å²) >= 11 is 0. The first kappa shape index (κ1) is 16.0. The van der Waals surface area contributed by atoms with E-state index < -0.39 is 0 Å². The van der Waals surface area contributed by atoms with Gasteiger partial charge in [0.1, 0.15) is 0 Å². The molecule has 3 aromatic rings. The summed E-state index contributed by atoms with van der Waals surface area (Å²) in [7, 11) is 0. The summed E-state index contributed by atoms with van der Waals surface area (Å²) in [4.78, 5) is 2.74. The van der Waals surface area contributed by atoms with Gasteiger partial charge in [-0.15, -0.1) is 0 Å². The summed E-state index contributed by atoms with van der Waals surface area (Å²) in [5.74, 6) is 0. The fourth-order valence-electron chi connectivity index (χ4n) is 5.37. The minimum atomic E-state index is 0.182. The lowest BCUT2D eigenvalue weighted by Crippen LogP contribution is -2.46. The van der Waals surface area contributed by atoms with E-state index in [9.17, 15) is 0 Å². The summed E-state index contributed by atoms with van der Waals surface area (Å²) in [6.45, 7) is 3.49. The lowest BCUT2D eigenvalue weighted by molar-refractivity contribution is 0.366. The second-order valence-electron chi connectivity index (χ2n) is 8.01. The lowest BCUT2D eigenvalue weighted by Gasteiger charge is -2.46. The standard InChI is InChI=1S/C24H28N2/c1-2-3-4-9-15-24-16-10-17-25(24)21-13-7-8-14-22(21)26-20-12-6-5-11-19(20)18-23(24)26/h5-8,11-14,18H,2-4,9-10,15-17H2,1H3. The molecule has 2 aromatic carbocycles. The minimum absolute atomic E-state index is 0.182. The number of hydrogen-bond donors (Lipinski definition) is 0. The molecular formula is C24H28N2. The lowest BCUT2D eigenvalue weighted by atomic mass is 9.83. The number of unbranched alkanes of at least 4 members (excludes halogenated alkanes) is 3. The highest BCUT2D eigenvalue weighted by atomic mass is 15.3. The molecule has 0 saturated carbocycles. The van der Waals surface area contributed by atoms with Crippen LogP contribution in [-0.4, -0.2) is 11.1 Å². The molecule has 0 spiro atoms. The predicted molar refractivity (Wildman–Crippen MR) is 110 cm³/mol. The van der Waals surface area contributed by atoms with Gasteiger partial charge in [0.25, 0.3) is 0 Å². The van der Waals surface area contributed by atoms with Gasteiger partial charge >= 0.3 is 0 Å². The zero-order chi connectivity index (χ0) is 17.6. The van der Waals surface area contributed by atoms with Crippen LogP contribution in [0.25, 0.3) is 16.6 Å². The van der Waals surface area contributed by atoms with Crippen LogP contribution in [0.2, 0.25) is 0 Å². The quantitative estimate of drug-likeness (QED) is 0.485. The number of para-hydroxylation sites is 3. The molecule has 1 unspecified atom stereocenters. The van der Waals surface area contributed by atoms with E-state index in [2.05, 4.69) is 71.0 Å². The van der Waals surface area contributed by atoms with Crippen LogP contribution in [0.15, 0.2) is 54.6 Å². The summed E-state index contributed by atoms with van der Waals surface area (Å²) in [5.41, 5.74) is 5.84. The summed E-state index contributed by atoms with van der Waals surface area (Å²) in [5, 5.41) is 1.37. The van der Waals surface area contributed by atoms with Gasteiger partial charge in [0.15, 0.2) is 0 Å². The Labute approximate surface area is 156 Å². The minimum Gasteiger partial charge on any atom is -0.359 e. The molecule has 1 aromatic heterocycles. The maximum atomic E-state index is 2.74. The van der Waals surface area contributed by atoms with E-state index in [1.165, 1.54) is 79.5 Å². The van der Waals surface area contributed by atoms with E-state index in [1.54, 1.807) is 0 Å². The zero-order valence-corrected chi connectivity index (χ0v) is 15.7. The average molecular weight is 345 g/mol. The van der Waals surface area contributed by atoms with E-state index in [-0.39, 0.29) is 5.54 Å². The molecule has 134 valence electrons. The Morgan fingerprint density at radius 1 is 0.923 bits per heavy atom. The number of rotatable bonds is 5. The van der Waals surface area contributed by atoms with Crippen molar-refractivity contribution in [3.05, 3.63) is 60.3 Å². The van der Waals surface area contributed by atoms with Crippen LogP contribution in [0.3, 0.4) is 0 Å². The summed E-state index contributed by atoms with van der Waals surface area (Å²) < 4.78 is 2.56. The monoisotopic (exact) mass is 344 g/mol. The van der Waals surface area contributed by atoms with Gasteiger partial charge in [-0.2, -0.15) is 0 Å². The molecule has 2 aliphatic rings. The van der Waals surface area contributed by atoms with E-state index in [0.29, 0.717) is 0 Å². The molecule has 0 amide bonds. The largest absolute Gasteiger partial charge is 0.359 e. The van der Waals surface area contributed by atoms with Crippen LogP contribution in [0, 0.1) is 0 Å². The first-order valence-corrected chi connectivity index (χ1v) is 10.3. The molecule has 1 atom stereocenters. The van der Waals surface area contributed by atoms with Crippen molar-refractivity contribution in [3.8, 4) is 5.69 Å². The van der Waals surface area contributed by atoms with Gasteiger partial charge in [-0.1, -0.05) is 62.9 Å². The second-order valence-corrected chi connectivity index (χ2v) is 8.01. The number of anilines is 1. The van der Waals surface area contributed by atoms with Crippen molar-refractivity contribution in [2.24, 2.45) is 0 Å². The number of benzene rings is 2. The second kappa shape index (κ2) is 6.19. The highest BCUT2D eigenvalue weighted by molar-refractivity contribution is 5.87. The molecule has 2 nitrogen and oxygen atoms in total. The molecule has 2 heteroatoms. The van der Waals surface area contributed by atoms with Crippen LogP contribution >= 0.6 is 0 Å². The Morgan fingerprint density at radius 3 is 2.62 bits per heavy atom. The van der Waals surface area contributed by atoms with Crippen molar-refractivity contribution in [1.82, 2.24) is 4.57 Å². The molecule has 0 bridgehead atoms. The van der Waals surface area contributed by atoms with Gasteiger partial charge < -0.3 is 9.47 Å². The first-order valence-electron chi connectivity index (χ1n) is 10.3. The van der Waals surface area contributed by atoms with Gasteiger partial charge in [0.05, 0.1) is 22.4 Å². The average Bonchev–Trinajstić information content (AvgIpc) is 3.28. The van der Waals surface area contributed by atoms with Gasteiger partial charge in [-0.25, -0.2) is 0 Å². The number of fused-ring (bicyclic) bond motifs is 8. The highest BCUT2D eigenvalue weighted by Crippen LogP contribution is 2.52. The van der Waals surface area contributed by atoms with E-state index in [0.717, 1.165) is 0 Å². The van der Waals surface area contributed by atoms with Crippen LogP contribution in [-0.2, 0) is 5.54 Å². The van der Waals surface area contributed by atoms with Gasteiger partial charge in [-0.05, 0) is 43.5 Å². The van der Waals surface area contributed by atoms with Crippen molar-refractivity contribution >= 4 is 16.6 Å². The third-order valence-corrected chi connectivity index (χ3v) is 6.53. The zero-order valence-electron chi connectivity index (χ0n) is 15.7. The molecule has 3 heterocycles. The molecule has 1 fully saturated rings. The van der Waals surface area contributed by atoms with Gasteiger partial charge in [0.2, 0.25) is 0 Å². The van der Waals surface area contributed by atoms with Crippen molar-refractivity contribution < 1.29 is 0 Å². The molecule has 2 aliphatic heterocycles. The maximum Gasteiger partial charge on any atom is 0.0809 e. The maximum absolute atomic E-state index is 2.74. The Balaban J connectivity index is 1.71. The topological polar surface area (TPSA) is 8.17 Å². The SMILES string of the molecule is CCCCCCC12CCCN1c1ccccc1-n1c2cc2ccccc21. The molecule has 5 rings (SSSR count). The third-order valence-electron chi connectivity index (χ3n) is 6.53. The number of aromatic nitrogens is 1. The van der Waals surface area contributed by atoms with Crippen molar-refractivity contribution in [3.63, 3.8) is 0 Å². The Morgan fingerprint density at radius 2 is 1.73 bits per heavy atom. The summed E-state index contributed by atoms with van der Waals surface area (Å²) in [6.07, 6.45) is 9.20. The number of nitrogens with zero attached hydrogens (tertiary/aromatic N) is 2. The molecule has 26 heavy (non-hydrogen) atoms. The van der Waals surface area contributed by atoms with Crippen molar-refractivity contribution in [2.45, 2.75) is 57.4 Å². The van der Waals surface area contributed by atoms with E-state index in [4.69, 9.17) is 0 Å². The van der Waals surface area contributed by atoms with Crippen molar-refractivity contribution in [1.29, 1.82) is 0 Å². The molecular weight excluding hydrogens is 316 g/mol. The molecule has 0 aliphatic carbocycles. The number of hydrogen-bond acceptors (Lipinski definition) is 1. The summed E-state index contributed by atoms with van der Waals surface area (Å²) in [6, 6.07) is 20.4. The van der Waals surface area contributed by atoms with Gasteiger partial charge in [-0.3, -0.25) is 0 Å². The van der Waals surface area contributed by atoms with E-state index >= 15 is 0 Å². The Hall–Kier alpha value is -2.22. The van der Waals surface area contributed by atoms with Crippen LogP contribution in [0.1, 0.15) is 57.6 Å². The highest BCUT2D eigenvalue weighted by Gasteiger charge is 2.47. The first-order chi connectivity index (χ1) is 12.8. The van der Waals surface area contributed by atoms with Crippen molar-refractivity contribution in [2.75, 3.05) is 11.4 Å². The van der Waals surface area contributed by atoms with Crippen LogP contribution in [0.4, 0.5) is 5.69 Å². The Bertz CT molecular complexity index is 938. The normalized spacial score (nSPS) is 20.9. The Kier molecular flexibility index (Phi) is 3.81. The fourth-order valence-corrected chi connectivity index (χ4v) is 5.37. The fraction of sp³-hybridized carbons (Fsp3) is 0.417. The molecule has 0 N–H and O–H groups in total. The van der Waals surface area contributed by atoms with Crippen LogP contribution in [0.5, 0.6) is 0 Å². The van der Waals surface area contributed by atoms with Gasteiger partial charge in [0, 0.05) is 17.6 Å². The van der Waals surface area contributed by atoms with E-state index in [1.807, 2.05) is 0 Å². The smallest absolute Gasteiger partial charge is 0.0809 e.